The molecule has 1 unspecified atom stereocenters. The van der Waals surface area contributed by atoms with Crippen molar-refractivity contribution in [1.82, 2.24) is 5.32 Å². The highest BCUT2D eigenvalue weighted by molar-refractivity contribution is 7.99. The third-order valence-electron chi connectivity index (χ3n) is 4.43. The summed E-state index contributed by atoms with van der Waals surface area (Å²) in [5, 5.41) is 5.51. The molecule has 3 rings (SSSR count). The Morgan fingerprint density at radius 3 is 2.71 bits per heavy atom. The smallest absolute Gasteiger partial charge is 0.228 e. The second kappa shape index (κ2) is 8.79. The molecule has 8 heteroatoms. The number of benzene rings is 2. The van der Waals surface area contributed by atoms with Crippen molar-refractivity contribution in [2.75, 3.05) is 16.8 Å². The normalized spacial score (nSPS) is 16.6. The van der Waals surface area contributed by atoms with Crippen LogP contribution in [0, 0.1) is 5.92 Å². The SMILES string of the molecule is CC1CSc2ccc(S(=O)(=O)CCC(=O)NCc3ccccc3)cc2NC1=O. The van der Waals surface area contributed by atoms with Crippen molar-refractivity contribution in [3.05, 3.63) is 54.1 Å². The Morgan fingerprint density at radius 2 is 1.96 bits per heavy atom. The van der Waals surface area contributed by atoms with E-state index in [1.165, 1.54) is 23.9 Å². The summed E-state index contributed by atoms with van der Waals surface area (Å²) in [6.45, 7) is 2.19. The van der Waals surface area contributed by atoms with Gasteiger partial charge in [-0.25, -0.2) is 8.42 Å². The monoisotopic (exact) mass is 418 g/mol. The summed E-state index contributed by atoms with van der Waals surface area (Å²) in [5.41, 5.74) is 1.46. The standard InChI is InChI=1S/C20H22N2O4S2/c1-14-13-27-18-8-7-16(11-17(18)22-20(14)24)28(25,26)10-9-19(23)21-12-15-5-3-2-4-6-15/h2-8,11,14H,9-10,12-13H2,1H3,(H,21,23)(H,22,24). The Labute approximate surface area is 169 Å². The number of sulfone groups is 1. The summed E-state index contributed by atoms with van der Waals surface area (Å²) in [6, 6.07) is 14.1. The van der Waals surface area contributed by atoms with E-state index in [-0.39, 0.29) is 34.8 Å². The molecule has 0 spiro atoms. The summed E-state index contributed by atoms with van der Waals surface area (Å²) >= 11 is 1.52. The average Bonchev–Trinajstić information content (AvgIpc) is 2.83. The lowest BCUT2D eigenvalue weighted by atomic mass is 10.2. The van der Waals surface area contributed by atoms with Crippen LogP contribution in [0.2, 0.25) is 0 Å². The quantitative estimate of drug-likeness (QED) is 0.753. The van der Waals surface area contributed by atoms with Gasteiger partial charge in [0.15, 0.2) is 9.84 Å². The molecule has 0 bridgehead atoms. The number of anilines is 1. The molecule has 2 aromatic rings. The first-order valence-electron chi connectivity index (χ1n) is 8.96. The second-order valence-electron chi connectivity index (χ2n) is 6.69. The van der Waals surface area contributed by atoms with E-state index < -0.39 is 9.84 Å². The fourth-order valence-corrected chi connectivity index (χ4v) is 4.98. The number of carbonyl (C=O) groups is 2. The second-order valence-corrected chi connectivity index (χ2v) is 9.86. The molecule has 1 atom stereocenters. The topological polar surface area (TPSA) is 92.3 Å². The molecule has 0 saturated heterocycles. The summed E-state index contributed by atoms with van der Waals surface area (Å²) in [6.07, 6.45) is -0.121. The lowest BCUT2D eigenvalue weighted by molar-refractivity contribution is -0.121. The van der Waals surface area contributed by atoms with Crippen molar-refractivity contribution in [2.24, 2.45) is 5.92 Å². The van der Waals surface area contributed by atoms with Gasteiger partial charge in [0.25, 0.3) is 0 Å². The first-order chi connectivity index (χ1) is 13.3. The van der Waals surface area contributed by atoms with Gasteiger partial charge in [0, 0.05) is 29.5 Å². The van der Waals surface area contributed by atoms with Crippen LogP contribution >= 0.6 is 11.8 Å². The summed E-state index contributed by atoms with van der Waals surface area (Å²) in [4.78, 5) is 25.0. The third-order valence-corrected chi connectivity index (χ3v) is 7.48. The largest absolute Gasteiger partial charge is 0.352 e. The van der Waals surface area contributed by atoms with Crippen LogP contribution in [0.15, 0.2) is 58.3 Å². The van der Waals surface area contributed by atoms with Gasteiger partial charge < -0.3 is 10.6 Å². The van der Waals surface area contributed by atoms with Gasteiger partial charge in [-0.2, -0.15) is 0 Å². The number of carbonyl (C=O) groups excluding carboxylic acids is 2. The number of amides is 2. The molecule has 0 saturated carbocycles. The molecule has 2 N–H and O–H groups in total. The maximum atomic E-state index is 12.6. The van der Waals surface area contributed by atoms with Crippen molar-refractivity contribution >= 4 is 39.1 Å². The molecule has 1 aliphatic heterocycles. The van der Waals surface area contributed by atoms with Crippen molar-refractivity contribution in [2.45, 2.75) is 29.7 Å². The Balaban J connectivity index is 1.62. The van der Waals surface area contributed by atoms with Crippen LogP contribution in [0.5, 0.6) is 0 Å². The van der Waals surface area contributed by atoms with Crippen molar-refractivity contribution < 1.29 is 18.0 Å². The maximum Gasteiger partial charge on any atom is 0.228 e. The highest BCUT2D eigenvalue weighted by Gasteiger charge is 2.23. The van der Waals surface area contributed by atoms with Gasteiger partial charge in [0.05, 0.1) is 16.3 Å². The zero-order valence-corrected chi connectivity index (χ0v) is 17.1. The van der Waals surface area contributed by atoms with E-state index in [1.807, 2.05) is 37.3 Å². The molecule has 0 aromatic heterocycles. The molecule has 1 aliphatic rings. The number of thioether (sulfide) groups is 1. The van der Waals surface area contributed by atoms with Crippen molar-refractivity contribution in [3.63, 3.8) is 0 Å². The number of fused-ring (bicyclic) bond motifs is 1. The van der Waals surface area contributed by atoms with Crippen LogP contribution in [0.25, 0.3) is 0 Å². The minimum absolute atomic E-state index is 0.109. The van der Waals surface area contributed by atoms with E-state index in [0.29, 0.717) is 18.0 Å². The predicted octanol–water partition coefficient (Wildman–Crippen LogP) is 2.85. The molecule has 2 amide bonds. The zero-order valence-electron chi connectivity index (χ0n) is 15.5. The first kappa shape index (κ1) is 20.4. The molecule has 148 valence electrons. The molecule has 0 radical (unpaired) electrons. The number of nitrogens with one attached hydrogen (secondary N) is 2. The fourth-order valence-electron chi connectivity index (χ4n) is 2.70. The van der Waals surface area contributed by atoms with Crippen LogP contribution in [0.1, 0.15) is 18.9 Å². The number of hydrogen-bond donors (Lipinski definition) is 2. The van der Waals surface area contributed by atoms with Gasteiger partial charge in [0.1, 0.15) is 0 Å². The highest BCUT2D eigenvalue weighted by Crippen LogP contribution is 2.34. The van der Waals surface area contributed by atoms with Crippen molar-refractivity contribution in [1.29, 1.82) is 0 Å². The molecule has 2 aromatic carbocycles. The van der Waals surface area contributed by atoms with Gasteiger partial charge >= 0.3 is 0 Å². The van der Waals surface area contributed by atoms with E-state index in [0.717, 1.165) is 10.5 Å². The molecular formula is C20H22N2O4S2. The van der Waals surface area contributed by atoms with E-state index >= 15 is 0 Å². The third kappa shape index (κ3) is 5.14. The van der Waals surface area contributed by atoms with Crippen LogP contribution < -0.4 is 10.6 Å². The molecular weight excluding hydrogens is 396 g/mol. The molecule has 6 nitrogen and oxygen atoms in total. The molecule has 1 heterocycles. The fraction of sp³-hybridized carbons (Fsp3) is 0.300. The van der Waals surface area contributed by atoms with Gasteiger partial charge in [0.2, 0.25) is 11.8 Å². The number of rotatable bonds is 6. The van der Waals surface area contributed by atoms with E-state index in [2.05, 4.69) is 10.6 Å². The van der Waals surface area contributed by atoms with Crippen LogP contribution in [0.3, 0.4) is 0 Å². The van der Waals surface area contributed by atoms with Crippen LogP contribution in [0.4, 0.5) is 5.69 Å². The first-order valence-corrected chi connectivity index (χ1v) is 11.6. The van der Waals surface area contributed by atoms with E-state index in [4.69, 9.17) is 0 Å². The molecule has 28 heavy (non-hydrogen) atoms. The van der Waals surface area contributed by atoms with Gasteiger partial charge in [-0.15, -0.1) is 11.8 Å². The minimum Gasteiger partial charge on any atom is -0.352 e. The van der Waals surface area contributed by atoms with E-state index in [1.54, 1.807) is 6.07 Å². The van der Waals surface area contributed by atoms with Gasteiger partial charge in [-0.3, -0.25) is 9.59 Å². The predicted molar refractivity (Wildman–Crippen MR) is 110 cm³/mol. The van der Waals surface area contributed by atoms with E-state index in [9.17, 15) is 18.0 Å². The van der Waals surface area contributed by atoms with Crippen LogP contribution in [-0.2, 0) is 26.0 Å². The molecule has 0 fully saturated rings. The summed E-state index contributed by atoms with van der Waals surface area (Å²) < 4.78 is 25.3. The van der Waals surface area contributed by atoms with Gasteiger partial charge in [-0.05, 0) is 23.8 Å². The number of hydrogen-bond acceptors (Lipinski definition) is 5. The molecule has 0 aliphatic carbocycles. The average molecular weight is 419 g/mol. The zero-order chi connectivity index (χ0) is 20.1. The lowest BCUT2D eigenvalue weighted by Gasteiger charge is -2.10. The van der Waals surface area contributed by atoms with Crippen molar-refractivity contribution in [3.8, 4) is 0 Å². The highest BCUT2D eigenvalue weighted by atomic mass is 32.2. The maximum absolute atomic E-state index is 12.6. The summed E-state index contributed by atoms with van der Waals surface area (Å²) in [7, 11) is -3.64. The Hall–Kier alpha value is -2.32. The van der Waals surface area contributed by atoms with Gasteiger partial charge in [-0.1, -0.05) is 37.3 Å². The lowest BCUT2D eigenvalue weighted by Crippen LogP contribution is -2.25. The Morgan fingerprint density at radius 1 is 1.21 bits per heavy atom. The minimum atomic E-state index is -3.64. The Kier molecular flexibility index (Phi) is 6.41. The summed E-state index contributed by atoms with van der Waals surface area (Å²) in [5.74, 6) is -0.233. The Bertz CT molecular complexity index is 975. The van der Waals surface area contributed by atoms with Crippen LogP contribution in [-0.4, -0.2) is 31.7 Å².